The summed E-state index contributed by atoms with van der Waals surface area (Å²) in [6, 6.07) is 4.12. The minimum Gasteiger partial charge on any atom is -0.466 e. The van der Waals surface area contributed by atoms with E-state index >= 15 is 0 Å². The normalized spacial score (nSPS) is 13.1. The third-order valence-electron chi connectivity index (χ3n) is 2.63. The Morgan fingerprint density at radius 1 is 1.42 bits per heavy atom. The fraction of sp³-hybridized carbons (Fsp3) is 0.462. The first kappa shape index (κ1) is 15.6. The topological polar surface area (TPSA) is 60.4 Å². The van der Waals surface area contributed by atoms with E-state index in [9.17, 15) is 17.6 Å². The molecule has 0 aromatic heterocycles. The Bertz CT molecular complexity index is 566. The summed E-state index contributed by atoms with van der Waals surface area (Å²) in [7, 11) is -3.29. The molecule has 1 atom stereocenters. The zero-order valence-electron chi connectivity index (χ0n) is 11.1. The number of halogens is 1. The van der Waals surface area contributed by atoms with Crippen molar-refractivity contribution in [1.29, 1.82) is 0 Å². The summed E-state index contributed by atoms with van der Waals surface area (Å²) < 4.78 is 40.9. The zero-order chi connectivity index (χ0) is 14.6. The molecule has 0 saturated carbocycles. The number of ether oxygens (including phenoxy) is 1. The lowest BCUT2D eigenvalue weighted by Crippen LogP contribution is -2.13. The summed E-state index contributed by atoms with van der Waals surface area (Å²) in [5.74, 6) is -1.99. The van der Waals surface area contributed by atoms with E-state index in [4.69, 9.17) is 4.74 Å². The molecule has 0 fully saturated rings. The number of sulfone groups is 1. The minimum absolute atomic E-state index is 0.0994. The maximum Gasteiger partial charge on any atom is 0.313 e. The Labute approximate surface area is 112 Å². The maximum atomic E-state index is 13.8. The SMILES string of the molecule is CCOC(=O)C(C)c1ccc(CS(C)(=O)=O)c(F)c1. The average Bonchev–Trinajstić information content (AvgIpc) is 2.29. The Hall–Kier alpha value is -1.43. The van der Waals surface area contributed by atoms with Crippen LogP contribution in [0.4, 0.5) is 4.39 Å². The predicted octanol–water partition coefficient (Wildman–Crippen LogP) is 2.04. The van der Waals surface area contributed by atoms with Gasteiger partial charge in [0.2, 0.25) is 0 Å². The van der Waals surface area contributed by atoms with Crippen molar-refractivity contribution < 1.29 is 22.3 Å². The Kier molecular flexibility index (Phi) is 5.05. The molecule has 106 valence electrons. The van der Waals surface area contributed by atoms with Gasteiger partial charge in [-0.25, -0.2) is 12.8 Å². The van der Waals surface area contributed by atoms with E-state index in [0.29, 0.717) is 5.56 Å². The summed E-state index contributed by atoms with van der Waals surface area (Å²) >= 11 is 0. The van der Waals surface area contributed by atoms with Crippen molar-refractivity contribution in [3.63, 3.8) is 0 Å². The van der Waals surface area contributed by atoms with Gasteiger partial charge in [0, 0.05) is 11.8 Å². The number of benzene rings is 1. The first-order chi connectivity index (χ1) is 8.74. The van der Waals surface area contributed by atoms with Crippen LogP contribution in [0.3, 0.4) is 0 Å². The highest BCUT2D eigenvalue weighted by atomic mass is 32.2. The van der Waals surface area contributed by atoms with Gasteiger partial charge in [0.25, 0.3) is 0 Å². The van der Waals surface area contributed by atoms with Crippen molar-refractivity contribution in [2.45, 2.75) is 25.5 Å². The van der Waals surface area contributed by atoms with Crippen LogP contribution in [0.1, 0.15) is 30.9 Å². The number of carbonyl (C=O) groups is 1. The number of rotatable bonds is 5. The smallest absolute Gasteiger partial charge is 0.313 e. The second kappa shape index (κ2) is 6.14. The van der Waals surface area contributed by atoms with Crippen LogP contribution in [0.2, 0.25) is 0 Å². The predicted molar refractivity (Wildman–Crippen MR) is 70.0 cm³/mol. The quantitative estimate of drug-likeness (QED) is 0.778. The van der Waals surface area contributed by atoms with Gasteiger partial charge >= 0.3 is 5.97 Å². The molecule has 0 radical (unpaired) electrons. The van der Waals surface area contributed by atoms with Crippen molar-refractivity contribution >= 4 is 15.8 Å². The van der Waals surface area contributed by atoms with E-state index in [1.807, 2.05) is 0 Å². The van der Waals surface area contributed by atoms with Crippen LogP contribution in [-0.4, -0.2) is 27.2 Å². The Morgan fingerprint density at radius 3 is 2.53 bits per heavy atom. The minimum atomic E-state index is -3.29. The molecule has 0 saturated heterocycles. The van der Waals surface area contributed by atoms with Gasteiger partial charge in [0.1, 0.15) is 5.82 Å². The molecule has 4 nitrogen and oxygen atoms in total. The van der Waals surface area contributed by atoms with E-state index in [0.717, 1.165) is 6.26 Å². The van der Waals surface area contributed by atoms with Gasteiger partial charge in [-0.15, -0.1) is 0 Å². The second-order valence-electron chi connectivity index (χ2n) is 4.39. The highest BCUT2D eigenvalue weighted by molar-refractivity contribution is 7.89. The molecule has 1 rings (SSSR count). The highest BCUT2D eigenvalue weighted by Crippen LogP contribution is 2.21. The van der Waals surface area contributed by atoms with E-state index in [-0.39, 0.29) is 17.9 Å². The van der Waals surface area contributed by atoms with Crippen LogP contribution in [0, 0.1) is 5.82 Å². The van der Waals surface area contributed by atoms with Gasteiger partial charge in [0.15, 0.2) is 9.84 Å². The number of carbonyl (C=O) groups excluding carboxylic acids is 1. The van der Waals surface area contributed by atoms with E-state index < -0.39 is 27.5 Å². The van der Waals surface area contributed by atoms with Crippen LogP contribution < -0.4 is 0 Å². The molecule has 0 heterocycles. The first-order valence-electron chi connectivity index (χ1n) is 5.87. The Balaban J connectivity index is 2.96. The average molecular weight is 288 g/mol. The van der Waals surface area contributed by atoms with Gasteiger partial charge in [0.05, 0.1) is 18.3 Å². The molecular formula is C13H17FO4S. The van der Waals surface area contributed by atoms with Gasteiger partial charge in [-0.05, 0) is 25.5 Å². The van der Waals surface area contributed by atoms with Crippen molar-refractivity contribution in [3.8, 4) is 0 Å². The monoisotopic (exact) mass is 288 g/mol. The van der Waals surface area contributed by atoms with Crippen LogP contribution in [0.15, 0.2) is 18.2 Å². The van der Waals surface area contributed by atoms with E-state index in [1.54, 1.807) is 19.9 Å². The molecule has 0 amide bonds. The molecule has 1 aromatic carbocycles. The molecule has 0 aliphatic heterocycles. The van der Waals surface area contributed by atoms with Crippen molar-refractivity contribution in [2.24, 2.45) is 0 Å². The molecular weight excluding hydrogens is 271 g/mol. The highest BCUT2D eigenvalue weighted by Gasteiger charge is 2.18. The van der Waals surface area contributed by atoms with Crippen molar-refractivity contribution in [3.05, 3.63) is 35.1 Å². The number of hydrogen-bond acceptors (Lipinski definition) is 4. The molecule has 6 heteroatoms. The van der Waals surface area contributed by atoms with E-state index in [2.05, 4.69) is 0 Å². The summed E-state index contributed by atoms with van der Waals surface area (Å²) in [4.78, 5) is 11.5. The van der Waals surface area contributed by atoms with Crippen molar-refractivity contribution in [2.75, 3.05) is 12.9 Å². The molecule has 0 aliphatic rings. The third-order valence-corrected chi connectivity index (χ3v) is 3.47. The molecule has 0 bridgehead atoms. The summed E-state index contributed by atoms with van der Waals surface area (Å²) in [6.07, 6.45) is 1.04. The number of hydrogen-bond donors (Lipinski definition) is 0. The number of esters is 1. The lowest BCUT2D eigenvalue weighted by molar-refractivity contribution is -0.144. The maximum absolute atomic E-state index is 13.8. The summed E-state index contributed by atoms with van der Waals surface area (Å²) in [5.41, 5.74) is 0.565. The summed E-state index contributed by atoms with van der Waals surface area (Å²) in [6.45, 7) is 3.57. The van der Waals surface area contributed by atoms with Gasteiger partial charge in [-0.1, -0.05) is 12.1 Å². The molecule has 19 heavy (non-hydrogen) atoms. The van der Waals surface area contributed by atoms with E-state index in [1.165, 1.54) is 12.1 Å². The standard InChI is InChI=1S/C13H17FO4S/c1-4-18-13(15)9(2)10-5-6-11(12(14)7-10)8-19(3,16)17/h5-7,9H,4,8H2,1-3H3. The van der Waals surface area contributed by atoms with Gasteiger partial charge in [-0.3, -0.25) is 4.79 Å². The fourth-order valence-corrected chi connectivity index (χ4v) is 2.43. The lowest BCUT2D eigenvalue weighted by Gasteiger charge is -2.12. The van der Waals surface area contributed by atoms with Gasteiger partial charge < -0.3 is 4.74 Å². The van der Waals surface area contributed by atoms with Gasteiger partial charge in [-0.2, -0.15) is 0 Å². The molecule has 1 unspecified atom stereocenters. The van der Waals surface area contributed by atoms with Crippen LogP contribution in [-0.2, 0) is 25.1 Å². The second-order valence-corrected chi connectivity index (χ2v) is 6.53. The summed E-state index contributed by atoms with van der Waals surface area (Å²) in [5, 5.41) is 0. The van der Waals surface area contributed by atoms with Crippen molar-refractivity contribution in [1.82, 2.24) is 0 Å². The molecule has 1 aromatic rings. The zero-order valence-corrected chi connectivity index (χ0v) is 12.0. The van der Waals surface area contributed by atoms with Crippen LogP contribution in [0.25, 0.3) is 0 Å². The molecule has 0 N–H and O–H groups in total. The third kappa shape index (κ3) is 4.63. The Morgan fingerprint density at radius 2 is 2.05 bits per heavy atom. The van der Waals surface area contributed by atoms with Crippen LogP contribution in [0.5, 0.6) is 0 Å². The van der Waals surface area contributed by atoms with Crippen LogP contribution >= 0.6 is 0 Å². The molecule has 0 aliphatic carbocycles. The molecule has 0 spiro atoms. The fourth-order valence-electron chi connectivity index (χ4n) is 1.64. The lowest BCUT2D eigenvalue weighted by atomic mass is 10.00. The largest absolute Gasteiger partial charge is 0.466 e. The first-order valence-corrected chi connectivity index (χ1v) is 7.93.